The van der Waals surface area contributed by atoms with Gasteiger partial charge in [-0.1, -0.05) is 29.5 Å². The van der Waals surface area contributed by atoms with Crippen molar-refractivity contribution in [3.63, 3.8) is 0 Å². The number of thiazole rings is 1. The second kappa shape index (κ2) is 9.51. The molecule has 0 bridgehead atoms. The Bertz CT molecular complexity index is 1470. The van der Waals surface area contributed by atoms with Gasteiger partial charge in [0.1, 0.15) is 11.5 Å². The fourth-order valence-electron chi connectivity index (χ4n) is 3.92. The van der Waals surface area contributed by atoms with Crippen LogP contribution < -0.4 is 9.70 Å². The highest BCUT2D eigenvalue weighted by Gasteiger charge is 2.28. The molecule has 4 rings (SSSR count). The smallest absolute Gasteiger partial charge is 0.337 e. The predicted octanol–water partition coefficient (Wildman–Crippen LogP) is 1.85. The van der Waals surface area contributed by atoms with E-state index in [2.05, 4.69) is 4.99 Å². The molecule has 34 heavy (non-hydrogen) atoms. The van der Waals surface area contributed by atoms with E-state index in [1.165, 1.54) is 12.0 Å². The van der Waals surface area contributed by atoms with Gasteiger partial charge in [0.05, 0.1) is 22.9 Å². The van der Waals surface area contributed by atoms with E-state index in [-0.39, 0.29) is 4.80 Å². The molecular formula is C23H23N3O6S2. The standard InChI is InChI=1S/C23H23N3O6S2/c1-25-18-10-9-16(22(29)32-2)12-19(18)33-23(25)24-20(27)13-34(30,31)14-21(28)26-11-5-7-15-6-3-4-8-17(15)26/h3-4,6,8-10,12H,5,7,11,13-14H2,1-2H3. The molecule has 0 fully saturated rings. The zero-order valence-electron chi connectivity index (χ0n) is 18.7. The Morgan fingerprint density at radius 1 is 1.12 bits per heavy atom. The van der Waals surface area contributed by atoms with Gasteiger partial charge in [-0.3, -0.25) is 9.59 Å². The molecule has 2 amide bonds. The molecular weight excluding hydrogens is 478 g/mol. The van der Waals surface area contributed by atoms with Crippen LogP contribution in [0.3, 0.4) is 0 Å². The number of sulfone groups is 1. The maximum Gasteiger partial charge on any atom is 0.337 e. The van der Waals surface area contributed by atoms with Gasteiger partial charge < -0.3 is 14.2 Å². The van der Waals surface area contributed by atoms with Crippen molar-refractivity contribution in [3.05, 3.63) is 58.4 Å². The molecule has 0 saturated carbocycles. The molecule has 1 aromatic heterocycles. The molecule has 178 valence electrons. The fourth-order valence-corrected chi connectivity index (χ4v) is 6.07. The monoisotopic (exact) mass is 501 g/mol. The van der Waals surface area contributed by atoms with E-state index >= 15 is 0 Å². The van der Waals surface area contributed by atoms with Gasteiger partial charge in [0.15, 0.2) is 14.6 Å². The van der Waals surface area contributed by atoms with Crippen molar-refractivity contribution in [3.8, 4) is 0 Å². The largest absolute Gasteiger partial charge is 0.465 e. The third-order valence-electron chi connectivity index (χ3n) is 5.55. The number of ether oxygens (including phenoxy) is 1. The van der Waals surface area contributed by atoms with Crippen molar-refractivity contribution < 1.29 is 27.5 Å². The zero-order valence-corrected chi connectivity index (χ0v) is 20.3. The van der Waals surface area contributed by atoms with Gasteiger partial charge in [0.2, 0.25) is 5.91 Å². The van der Waals surface area contributed by atoms with Crippen molar-refractivity contribution in [2.45, 2.75) is 12.8 Å². The van der Waals surface area contributed by atoms with Gasteiger partial charge in [0.25, 0.3) is 5.91 Å². The first kappa shape index (κ1) is 23.8. The third kappa shape index (κ3) is 4.95. The van der Waals surface area contributed by atoms with Crippen LogP contribution in [0.2, 0.25) is 0 Å². The first-order valence-electron chi connectivity index (χ1n) is 10.5. The lowest BCUT2D eigenvalue weighted by Crippen LogP contribution is -2.40. The number of para-hydroxylation sites is 1. The normalized spacial score (nSPS) is 14.2. The van der Waals surface area contributed by atoms with E-state index in [1.807, 2.05) is 12.1 Å². The maximum atomic E-state index is 12.8. The quantitative estimate of drug-likeness (QED) is 0.493. The summed E-state index contributed by atoms with van der Waals surface area (Å²) in [6.45, 7) is 0.439. The average Bonchev–Trinajstić information content (AvgIpc) is 3.11. The number of fused-ring (bicyclic) bond motifs is 2. The number of aromatic nitrogens is 1. The molecule has 0 saturated heterocycles. The van der Waals surface area contributed by atoms with Gasteiger partial charge in [-0.15, -0.1) is 0 Å². The summed E-state index contributed by atoms with van der Waals surface area (Å²) in [6, 6.07) is 12.3. The molecule has 0 aliphatic carbocycles. The highest BCUT2D eigenvalue weighted by molar-refractivity contribution is 7.92. The summed E-state index contributed by atoms with van der Waals surface area (Å²) in [7, 11) is -1.04. The molecule has 2 aromatic carbocycles. The maximum absolute atomic E-state index is 12.8. The summed E-state index contributed by atoms with van der Waals surface area (Å²) in [4.78, 5) is 42.7. The molecule has 0 radical (unpaired) electrons. The molecule has 0 spiro atoms. The number of amides is 2. The number of esters is 1. The Morgan fingerprint density at radius 2 is 1.88 bits per heavy atom. The van der Waals surface area contributed by atoms with Gasteiger partial charge in [-0.05, 0) is 42.7 Å². The summed E-state index contributed by atoms with van der Waals surface area (Å²) in [5.74, 6) is -3.52. The number of rotatable bonds is 5. The van der Waals surface area contributed by atoms with Crippen LogP contribution in [0.5, 0.6) is 0 Å². The minimum atomic E-state index is -4.02. The zero-order chi connectivity index (χ0) is 24.5. The van der Waals surface area contributed by atoms with Gasteiger partial charge in [-0.2, -0.15) is 4.99 Å². The number of nitrogens with zero attached hydrogens (tertiary/aromatic N) is 3. The van der Waals surface area contributed by atoms with Crippen LogP contribution in [-0.2, 0) is 37.6 Å². The highest BCUT2D eigenvalue weighted by atomic mass is 32.2. The van der Waals surface area contributed by atoms with Crippen molar-refractivity contribution in [2.24, 2.45) is 12.0 Å². The predicted molar refractivity (Wildman–Crippen MR) is 128 cm³/mol. The second-order valence-corrected chi connectivity index (χ2v) is 11.0. The van der Waals surface area contributed by atoms with E-state index < -0.39 is 39.1 Å². The Kier molecular flexibility index (Phi) is 6.67. The fraction of sp³-hybridized carbons (Fsp3) is 0.304. The molecule has 1 aliphatic heterocycles. The highest BCUT2D eigenvalue weighted by Crippen LogP contribution is 2.27. The van der Waals surface area contributed by atoms with E-state index in [0.717, 1.165) is 35.3 Å². The number of benzene rings is 2. The molecule has 9 nitrogen and oxygen atoms in total. The van der Waals surface area contributed by atoms with Crippen molar-refractivity contribution >= 4 is 54.9 Å². The molecule has 0 unspecified atom stereocenters. The van der Waals surface area contributed by atoms with Crippen LogP contribution in [-0.4, -0.2) is 55.9 Å². The average molecular weight is 502 g/mol. The number of hydrogen-bond acceptors (Lipinski definition) is 7. The summed E-state index contributed by atoms with van der Waals surface area (Å²) >= 11 is 1.15. The van der Waals surface area contributed by atoms with Gasteiger partial charge in [-0.25, -0.2) is 13.2 Å². The topological polar surface area (TPSA) is 115 Å². The van der Waals surface area contributed by atoms with Gasteiger partial charge in [0, 0.05) is 19.3 Å². The number of hydrogen-bond donors (Lipinski definition) is 0. The minimum absolute atomic E-state index is 0.286. The Hall–Kier alpha value is -3.31. The molecule has 11 heteroatoms. The number of aryl methyl sites for hydroxylation is 2. The van der Waals surface area contributed by atoms with Crippen molar-refractivity contribution in [2.75, 3.05) is 30.1 Å². The van der Waals surface area contributed by atoms with E-state index in [9.17, 15) is 22.8 Å². The van der Waals surface area contributed by atoms with Crippen LogP contribution in [0.15, 0.2) is 47.5 Å². The molecule has 3 aromatic rings. The van der Waals surface area contributed by atoms with E-state index in [4.69, 9.17) is 4.74 Å². The van der Waals surface area contributed by atoms with Crippen LogP contribution in [0, 0.1) is 0 Å². The molecule has 2 heterocycles. The lowest BCUT2D eigenvalue weighted by atomic mass is 10.0. The second-order valence-electron chi connectivity index (χ2n) is 7.93. The summed E-state index contributed by atoms with van der Waals surface area (Å²) in [5, 5.41) is 0. The number of anilines is 1. The first-order chi connectivity index (χ1) is 16.2. The van der Waals surface area contributed by atoms with Crippen molar-refractivity contribution in [1.29, 1.82) is 0 Å². The lowest BCUT2D eigenvalue weighted by Gasteiger charge is -2.29. The Morgan fingerprint density at radius 3 is 2.65 bits per heavy atom. The van der Waals surface area contributed by atoms with Crippen LogP contribution in [0.25, 0.3) is 10.2 Å². The SMILES string of the molecule is COC(=O)c1ccc2c(c1)sc(=NC(=O)CS(=O)(=O)CC(=O)N1CCCc3ccccc31)n2C. The third-order valence-corrected chi connectivity index (χ3v) is 8.02. The van der Waals surface area contributed by atoms with Crippen molar-refractivity contribution in [1.82, 2.24) is 4.57 Å². The molecule has 0 atom stereocenters. The van der Waals surface area contributed by atoms with Crippen LogP contribution in [0.4, 0.5) is 5.69 Å². The van der Waals surface area contributed by atoms with Crippen LogP contribution in [0.1, 0.15) is 22.3 Å². The lowest BCUT2D eigenvalue weighted by molar-refractivity contribution is -0.116. The van der Waals surface area contributed by atoms with Crippen LogP contribution >= 0.6 is 11.3 Å². The molecule has 1 aliphatic rings. The van der Waals surface area contributed by atoms with Gasteiger partial charge >= 0.3 is 5.97 Å². The summed E-state index contributed by atoms with van der Waals surface area (Å²) in [6.07, 6.45) is 1.58. The summed E-state index contributed by atoms with van der Waals surface area (Å²) in [5.41, 5.74) is 2.80. The summed E-state index contributed by atoms with van der Waals surface area (Å²) < 4.78 is 32.3. The Balaban J connectivity index is 1.51. The molecule has 0 N–H and O–H groups in total. The minimum Gasteiger partial charge on any atom is -0.465 e. The first-order valence-corrected chi connectivity index (χ1v) is 13.2. The number of carbonyl (C=O) groups is 3. The number of methoxy groups -OCH3 is 1. The Labute approximate surface area is 200 Å². The number of carbonyl (C=O) groups excluding carboxylic acids is 3. The van der Waals surface area contributed by atoms with E-state index in [1.54, 1.807) is 41.9 Å². The van der Waals surface area contributed by atoms with E-state index in [0.29, 0.717) is 22.5 Å².